The molecule has 0 heterocycles. The predicted molar refractivity (Wildman–Crippen MR) is 185 cm³/mol. The third-order valence-electron chi connectivity index (χ3n) is 8.82. The van der Waals surface area contributed by atoms with Crippen molar-refractivity contribution in [3.8, 4) is 11.5 Å². The van der Waals surface area contributed by atoms with Gasteiger partial charge in [-0.25, -0.2) is 9.59 Å². The summed E-state index contributed by atoms with van der Waals surface area (Å²) in [6, 6.07) is 33.8. The molecular formula is C41H38O6. The van der Waals surface area contributed by atoms with Crippen LogP contribution in [0.1, 0.15) is 36.1 Å². The van der Waals surface area contributed by atoms with Crippen LogP contribution in [0.25, 0.3) is 21.5 Å². The standard InChI is InChI=1S/C41H38O6/c1-5-39(42)46-27(3)25-44-37-21-19-35(31-15-9-11-17-33(31)37)41(23-29-13-7-8-14-30(29)24-41)36-20-22-38(34-18-12-10-16-32(34)36)45-26-28(4)47-40(43)6-2/h5-22,27-28H,1-2,23-26H2,3-4H3. The quantitative estimate of drug-likeness (QED) is 0.103. The van der Waals surface area contributed by atoms with E-state index in [2.05, 4.69) is 86.0 Å². The Morgan fingerprint density at radius 3 is 1.40 bits per heavy atom. The number of carbonyl (C=O) groups is 2. The third-order valence-corrected chi connectivity index (χ3v) is 8.82. The highest BCUT2D eigenvalue weighted by Gasteiger charge is 2.42. The molecular weight excluding hydrogens is 588 g/mol. The number of benzene rings is 5. The van der Waals surface area contributed by atoms with Gasteiger partial charge in [0, 0.05) is 28.3 Å². The summed E-state index contributed by atoms with van der Waals surface area (Å²) >= 11 is 0. The molecule has 6 heteroatoms. The van der Waals surface area contributed by atoms with E-state index in [1.807, 2.05) is 24.3 Å². The predicted octanol–water partition coefficient (Wildman–Crippen LogP) is 8.07. The molecule has 1 aliphatic rings. The van der Waals surface area contributed by atoms with Gasteiger partial charge in [0.25, 0.3) is 0 Å². The maximum absolute atomic E-state index is 11.7. The van der Waals surface area contributed by atoms with Crippen LogP contribution in [0.2, 0.25) is 0 Å². The number of rotatable bonds is 12. The van der Waals surface area contributed by atoms with Gasteiger partial charge in [-0.3, -0.25) is 0 Å². The summed E-state index contributed by atoms with van der Waals surface area (Å²) in [5.74, 6) is 0.518. The van der Waals surface area contributed by atoms with Crippen molar-refractivity contribution >= 4 is 33.5 Å². The second-order valence-corrected chi connectivity index (χ2v) is 12.0. The molecule has 5 aromatic rings. The lowest BCUT2D eigenvalue weighted by Gasteiger charge is -2.34. The van der Waals surface area contributed by atoms with Crippen molar-refractivity contribution < 1.29 is 28.5 Å². The van der Waals surface area contributed by atoms with Crippen LogP contribution in [0.5, 0.6) is 11.5 Å². The van der Waals surface area contributed by atoms with Crippen molar-refractivity contribution in [1.82, 2.24) is 0 Å². The Morgan fingerprint density at radius 2 is 1.00 bits per heavy atom. The fourth-order valence-corrected chi connectivity index (χ4v) is 6.75. The minimum atomic E-state index is -0.474. The highest BCUT2D eigenvalue weighted by Crippen LogP contribution is 2.50. The first-order valence-electron chi connectivity index (χ1n) is 15.9. The minimum Gasteiger partial charge on any atom is -0.489 e. The molecule has 0 radical (unpaired) electrons. The van der Waals surface area contributed by atoms with Crippen molar-refractivity contribution in [2.75, 3.05) is 13.2 Å². The van der Waals surface area contributed by atoms with Crippen LogP contribution in [0.3, 0.4) is 0 Å². The van der Waals surface area contributed by atoms with Crippen LogP contribution in [-0.4, -0.2) is 37.4 Å². The average Bonchev–Trinajstić information content (AvgIpc) is 3.49. The van der Waals surface area contributed by atoms with Gasteiger partial charge in [-0.1, -0.05) is 98.1 Å². The first kappa shape index (κ1) is 31.6. The number of hydrogen-bond donors (Lipinski definition) is 0. The normalized spacial score (nSPS) is 14.5. The van der Waals surface area contributed by atoms with Gasteiger partial charge in [-0.15, -0.1) is 0 Å². The summed E-state index contributed by atoms with van der Waals surface area (Å²) in [6.07, 6.45) is 3.12. The molecule has 2 unspecified atom stereocenters. The fraction of sp³-hybridized carbons (Fsp3) is 0.220. The number of hydrogen-bond acceptors (Lipinski definition) is 6. The molecule has 0 bridgehead atoms. The molecule has 0 saturated carbocycles. The number of esters is 2. The largest absolute Gasteiger partial charge is 0.489 e. The first-order chi connectivity index (χ1) is 22.8. The van der Waals surface area contributed by atoms with Crippen molar-refractivity contribution in [2.24, 2.45) is 0 Å². The molecule has 5 aromatic carbocycles. The van der Waals surface area contributed by atoms with Crippen molar-refractivity contribution in [3.05, 3.63) is 145 Å². The highest BCUT2D eigenvalue weighted by atomic mass is 16.6. The summed E-state index contributed by atoms with van der Waals surface area (Å²) in [5, 5.41) is 4.21. The molecule has 47 heavy (non-hydrogen) atoms. The zero-order valence-corrected chi connectivity index (χ0v) is 26.7. The van der Waals surface area contributed by atoms with E-state index < -0.39 is 24.1 Å². The first-order valence-corrected chi connectivity index (χ1v) is 15.9. The van der Waals surface area contributed by atoms with Crippen molar-refractivity contribution in [3.63, 3.8) is 0 Å². The van der Waals surface area contributed by atoms with E-state index in [1.54, 1.807) is 13.8 Å². The SMILES string of the molecule is C=CC(=O)OC(C)COc1ccc(C2(c3ccc(OCC(C)OC(=O)C=C)c4ccccc34)Cc3ccccc3C2)c2ccccc12. The van der Waals surface area contributed by atoms with Gasteiger partial charge >= 0.3 is 11.9 Å². The van der Waals surface area contributed by atoms with Gasteiger partial charge in [0.1, 0.15) is 36.9 Å². The van der Waals surface area contributed by atoms with Gasteiger partial charge in [0.2, 0.25) is 0 Å². The van der Waals surface area contributed by atoms with Crippen LogP contribution < -0.4 is 9.47 Å². The maximum Gasteiger partial charge on any atom is 0.330 e. The van der Waals surface area contributed by atoms with Crippen LogP contribution >= 0.6 is 0 Å². The van der Waals surface area contributed by atoms with Crippen LogP contribution in [0.15, 0.2) is 122 Å². The minimum absolute atomic E-state index is 0.219. The van der Waals surface area contributed by atoms with Crippen molar-refractivity contribution in [2.45, 2.75) is 44.3 Å². The summed E-state index contributed by atoms with van der Waals surface area (Å²) in [5.41, 5.74) is 4.71. The van der Waals surface area contributed by atoms with Crippen molar-refractivity contribution in [1.29, 1.82) is 0 Å². The summed E-state index contributed by atoms with van der Waals surface area (Å²) in [4.78, 5) is 23.4. The van der Waals surface area contributed by atoms with E-state index >= 15 is 0 Å². The Bertz CT molecular complexity index is 1830. The monoisotopic (exact) mass is 626 g/mol. The smallest absolute Gasteiger partial charge is 0.330 e. The zero-order chi connectivity index (χ0) is 33.0. The lowest BCUT2D eigenvalue weighted by atomic mass is 9.69. The van der Waals surface area contributed by atoms with Crippen LogP contribution in [0.4, 0.5) is 0 Å². The van der Waals surface area contributed by atoms with Gasteiger partial charge < -0.3 is 18.9 Å². The Hall–Kier alpha value is -5.36. The van der Waals surface area contributed by atoms with E-state index in [0.29, 0.717) is 0 Å². The highest BCUT2D eigenvalue weighted by molar-refractivity contribution is 5.96. The van der Waals surface area contributed by atoms with E-state index in [-0.39, 0.29) is 18.6 Å². The Kier molecular flexibility index (Phi) is 9.12. The topological polar surface area (TPSA) is 71.1 Å². The number of ether oxygens (including phenoxy) is 4. The Labute approximate surface area is 275 Å². The molecule has 6 nitrogen and oxygen atoms in total. The second-order valence-electron chi connectivity index (χ2n) is 12.0. The molecule has 0 amide bonds. The molecule has 1 aliphatic carbocycles. The lowest BCUT2D eigenvalue weighted by molar-refractivity contribution is -0.144. The summed E-state index contributed by atoms with van der Waals surface area (Å²) in [6.45, 7) is 11.0. The van der Waals surface area contributed by atoms with Crippen LogP contribution in [0, 0.1) is 0 Å². The lowest BCUT2D eigenvalue weighted by Crippen LogP contribution is -2.29. The van der Waals surface area contributed by atoms with Crippen LogP contribution in [-0.2, 0) is 37.3 Å². The molecule has 0 fully saturated rings. The molecule has 6 rings (SSSR count). The van der Waals surface area contributed by atoms with E-state index in [4.69, 9.17) is 18.9 Å². The maximum atomic E-state index is 11.7. The fourth-order valence-electron chi connectivity index (χ4n) is 6.75. The van der Waals surface area contributed by atoms with Gasteiger partial charge in [-0.2, -0.15) is 0 Å². The van der Waals surface area contributed by atoms with E-state index in [0.717, 1.165) is 58.0 Å². The molecule has 0 N–H and O–H groups in total. The molecule has 0 spiro atoms. The Morgan fingerprint density at radius 1 is 0.617 bits per heavy atom. The number of carbonyl (C=O) groups excluding carboxylic acids is 2. The summed E-state index contributed by atoms with van der Waals surface area (Å²) < 4.78 is 23.2. The van der Waals surface area contributed by atoms with Gasteiger partial charge in [0.15, 0.2) is 0 Å². The third kappa shape index (κ3) is 6.36. The molecule has 2 atom stereocenters. The molecule has 238 valence electrons. The Balaban J connectivity index is 1.44. The average molecular weight is 627 g/mol. The van der Waals surface area contributed by atoms with E-state index in [1.165, 1.54) is 22.3 Å². The molecule has 0 aromatic heterocycles. The molecule has 0 aliphatic heterocycles. The van der Waals surface area contributed by atoms with Gasteiger partial charge in [0.05, 0.1) is 0 Å². The molecule has 0 saturated heterocycles. The van der Waals surface area contributed by atoms with E-state index in [9.17, 15) is 9.59 Å². The second kappa shape index (κ2) is 13.6. The summed E-state index contributed by atoms with van der Waals surface area (Å²) in [7, 11) is 0. The zero-order valence-electron chi connectivity index (χ0n) is 26.7. The van der Waals surface area contributed by atoms with Gasteiger partial charge in [-0.05, 0) is 71.8 Å². The number of fused-ring (bicyclic) bond motifs is 3.